The lowest BCUT2D eigenvalue weighted by molar-refractivity contribution is 0.0685. The molecular weight excluding hydrogens is 296 g/mol. The third kappa shape index (κ3) is 3.45. The van der Waals surface area contributed by atoms with Crippen molar-refractivity contribution in [2.45, 2.75) is 43.2 Å². The standard InChI is InChI=1S/C13H20N2O5S/c1-9(16)5-6-14(2)21(19,20)11-7-12(13(17)18)15(8-11)10-3-4-10/h7-10,16H,3-6H2,1-2H3,(H,17,18). The molecule has 0 radical (unpaired) electrons. The third-order valence-corrected chi connectivity index (χ3v) is 5.37. The minimum absolute atomic E-state index is 0.00000115. The van der Waals surface area contributed by atoms with Crippen LogP contribution in [0.15, 0.2) is 17.2 Å². The minimum Gasteiger partial charge on any atom is -0.477 e. The zero-order valence-corrected chi connectivity index (χ0v) is 12.9. The number of hydrogen-bond donors (Lipinski definition) is 2. The predicted molar refractivity (Wildman–Crippen MR) is 75.8 cm³/mol. The Morgan fingerprint density at radius 3 is 2.62 bits per heavy atom. The van der Waals surface area contributed by atoms with Gasteiger partial charge in [0.25, 0.3) is 0 Å². The molecule has 1 heterocycles. The molecule has 118 valence electrons. The maximum atomic E-state index is 12.4. The number of hydrogen-bond acceptors (Lipinski definition) is 4. The number of aromatic carboxylic acids is 1. The van der Waals surface area contributed by atoms with E-state index in [-0.39, 0.29) is 23.2 Å². The highest BCUT2D eigenvalue weighted by Crippen LogP contribution is 2.37. The predicted octanol–water partition coefficient (Wildman–Crippen LogP) is 0.913. The van der Waals surface area contributed by atoms with Crippen LogP contribution in [0.4, 0.5) is 0 Å². The molecular formula is C13H20N2O5S. The molecule has 0 bridgehead atoms. The summed E-state index contributed by atoms with van der Waals surface area (Å²) in [5.41, 5.74) is 0.00000115. The highest BCUT2D eigenvalue weighted by Gasteiger charge is 2.31. The van der Waals surface area contributed by atoms with Gasteiger partial charge >= 0.3 is 5.97 Å². The Morgan fingerprint density at radius 2 is 2.14 bits per heavy atom. The maximum absolute atomic E-state index is 12.4. The quantitative estimate of drug-likeness (QED) is 0.779. The maximum Gasteiger partial charge on any atom is 0.352 e. The topological polar surface area (TPSA) is 99.8 Å². The van der Waals surface area contributed by atoms with Gasteiger partial charge in [0.05, 0.1) is 6.10 Å². The Morgan fingerprint density at radius 1 is 1.52 bits per heavy atom. The zero-order chi connectivity index (χ0) is 15.8. The first kappa shape index (κ1) is 16.0. The number of aliphatic hydroxyl groups excluding tert-OH is 1. The Kier molecular flexibility index (Phi) is 4.40. The van der Waals surface area contributed by atoms with Crippen LogP contribution in [0.2, 0.25) is 0 Å². The van der Waals surface area contributed by atoms with E-state index in [0.717, 1.165) is 17.1 Å². The molecule has 1 unspecified atom stereocenters. The van der Waals surface area contributed by atoms with Crippen molar-refractivity contribution < 1.29 is 23.4 Å². The van der Waals surface area contributed by atoms with Crippen LogP contribution in [-0.4, -0.2) is 53.2 Å². The number of carboxylic acids is 1. The summed E-state index contributed by atoms with van der Waals surface area (Å²) in [4.78, 5) is 11.2. The molecule has 7 nitrogen and oxygen atoms in total. The first-order valence-electron chi connectivity index (χ1n) is 6.83. The molecule has 1 atom stereocenters. The van der Waals surface area contributed by atoms with E-state index >= 15 is 0 Å². The molecule has 1 fully saturated rings. The smallest absolute Gasteiger partial charge is 0.352 e. The molecule has 2 rings (SSSR count). The van der Waals surface area contributed by atoms with Gasteiger partial charge in [-0.2, -0.15) is 0 Å². The normalized spacial score (nSPS) is 17.1. The van der Waals surface area contributed by atoms with Gasteiger partial charge in [-0.3, -0.25) is 0 Å². The molecule has 1 aliphatic rings. The summed E-state index contributed by atoms with van der Waals surface area (Å²) in [5, 5.41) is 18.4. The lowest BCUT2D eigenvalue weighted by atomic mass is 10.3. The monoisotopic (exact) mass is 316 g/mol. The van der Waals surface area contributed by atoms with Crippen molar-refractivity contribution in [2.75, 3.05) is 13.6 Å². The van der Waals surface area contributed by atoms with E-state index in [4.69, 9.17) is 0 Å². The molecule has 0 aliphatic heterocycles. The fraction of sp³-hybridized carbons (Fsp3) is 0.615. The summed E-state index contributed by atoms with van der Waals surface area (Å²) < 4.78 is 27.5. The fourth-order valence-corrected chi connectivity index (χ4v) is 3.30. The summed E-state index contributed by atoms with van der Waals surface area (Å²) in [6.07, 6.45) is 2.87. The molecule has 21 heavy (non-hydrogen) atoms. The van der Waals surface area contributed by atoms with Gasteiger partial charge in [-0.1, -0.05) is 0 Å². The Bertz CT molecular complexity index is 631. The summed E-state index contributed by atoms with van der Waals surface area (Å²) in [5.74, 6) is -1.13. The van der Waals surface area contributed by atoms with Gasteiger partial charge in [0, 0.05) is 25.8 Å². The van der Waals surface area contributed by atoms with Crippen LogP contribution < -0.4 is 0 Å². The van der Waals surface area contributed by atoms with Crippen LogP contribution >= 0.6 is 0 Å². The number of aromatic nitrogens is 1. The molecule has 1 saturated carbocycles. The van der Waals surface area contributed by atoms with Crippen molar-refractivity contribution in [1.29, 1.82) is 0 Å². The average molecular weight is 316 g/mol. The second-order valence-corrected chi connectivity index (χ2v) is 7.51. The number of sulfonamides is 1. The number of carboxylic acid groups (broad SMARTS) is 1. The van der Waals surface area contributed by atoms with Gasteiger partial charge in [-0.25, -0.2) is 17.5 Å². The SMILES string of the molecule is CC(O)CCN(C)S(=O)(=O)c1cc(C(=O)O)n(C2CC2)c1. The van der Waals surface area contributed by atoms with E-state index in [2.05, 4.69) is 0 Å². The first-order chi connectivity index (χ1) is 9.73. The number of carbonyl (C=O) groups is 1. The Labute approximate surface area is 123 Å². The minimum atomic E-state index is -3.74. The van der Waals surface area contributed by atoms with Gasteiger partial charge in [-0.05, 0) is 32.3 Å². The van der Waals surface area contributed by atoms with Gasteiger partial charge in [0.2, 0.25) is 10.0 Å². The summed E-state index contributed by atoms with van der Waals surface area (Å²) in [6.45, 7) is 1.77. The van der Waals surface area contributed by atoms with Crippen molar-refractivity contribution in [2.24, 2.45) is 0 Å². The summed E-state index contributed by atoms with van der Waals surface area (Å²) in [6, 6.07) is 1.29. The lowest BCUT2D eigenvalue weighted by Crippen LogP contribution is -2.29. The van der Waals surface area contributed by atoms with Gasteiger partial charge in [0.15, 0.2) is 0 Å². The molecule has 1 aromatic heterocycles. The van der Waals surface area contributed by atoms with Crippen LogP contribution in [0.25, 0.3) is 0 Å². The van der Waals surface area contributed by atoms with Gasteiger partial charge in [0.1, 0.15) is 10.6 Å². The molecule has 0 spiro atoms. The van der Waals surface area contributed by atoms with E-state index in [1.807, 2.05) is 0 Å². The van der Waals surface area contributed by atoms with E-state index in [0.29, 0.717) is 6.42 Å². The summed E-state index contributed by atoms with van der Waals surface area (Å²) in [7, 11) is -2.31. The van der Waals surface area contributed by atoms with Crippen LogP contribution in [0.3, 0.4) is 0 Å². The molecule has 0 amide bonds. The van der Waals surface area contributed by atoms with E-state index < -0.39 is 22.1 Å². The van der Waals surface area contributed by atoms with Crippen LogP contribution in [0, 0.1) is 0 Å². The number of aliphatic hydroxyl groups is 1. The van der Waals surface area contributed by atoms with E-state index in [1.165, 1.54) is 23.9 Å². The summed E-state index contributed by atoms with van der Waals surface area (Å²) >= 11 is 0. The van der Waals surface area contributed by atoms with Crippen LogP contribution in [0.1, 0.15) is 42.7 Å². The van der Waals surface area contributed by atoms with E-state index in [1.54, 1.807) is 6.92 Å². The fourth-order valence-electron chi connectivity index (χ4n) is 2.09. The van der Waals surface area contributed by atoms with E-state index in [9.17, 15) is 23.4 Å². The number of nitrogens with zero attached hydrogens (tertiary/aromatic N) is 2. The van der Waals surface area contributed by atoms with Gasteiger partial charge < -0.3 is 14.8 Å². The van der Waals surface area contributed by atoms with Crippen LogP contribution in [-0.2, 0) is 10.0 Å². The first-order valence-corrected chi connectivity index (χ1v) is 8.27. The van der Waals surface area contributed by atoms with Crippen molar-refractivity contribution in [1.82, 2.24) is 8.87 Å². The third-order valence-electron chi connectivity index (χ3n) is 3.55. The molecule has 0 aromatic carbocycles. The highest BCUT2D eigenvalue weighted by atomic mass is 32.2. The molecule has 1 aliphatic carbocycles. The van der Waals surface area contributed by atoms with Crippen molar-refractivity contribution in [3.05, 3.63) is 18.0 Å². The van der Waals surface area contributed by atoms with Gasteiger partial charge in [-0.15, -0.1) is 0 Å². The highest BCUT2D eigenvalue weighted by molar-refractivity contribution is 7.89. The molecule has 1 aromatic rings. The number of rotatable bonds is 7. The lowest BCUT2D eigenvalue weighted by Gasteiger charge is -2.16. The van der Waals surface area contributed by atoms with Crippen molar-refractivity contribution in [3.63, 3.8) is 0 Å². The van der Waals surface area contributed by atoms with Crippen molar-refractivity contribution >= 4 is 16.0 Å². The molecule has 0 saturated heterocycles. The largest absolute Gasteiger partial charge is 0.477 e. The van der Waals surface area contributed by atoms with Crippen LogP contribution in [0.5, 0.6) is 0 Å². The second kappa shape index (κ2) is 5.78. The Balaban J connectivity index is 2.27. The molecule has 2 N–H and O–H groups in total. The average Bonchev–Trinajstić information content (AvgIpc) is 3.13. The zero-order valence-electron chi connectivity index (χ0n) is 12.1. The second-order valence-electron chi connectivity index (χ2n) is 5.47. The molecule has 8 heteroatoms. The van der Waals surface area contributed by atoms with Crippen molar-refractivity contribution in [3.8, 4) is 0 Å². The Hall–Kier alpha value is -1.38.